The number of non-ortho nitro benzene ring substituents is 1. The maximum atomic E-state index is 13.0. The molecule has 1 aromatic rings. The lowest BCUT2D eigenvalue weighted by molar-refractivity contribution is -0.384. The number of rotatable bonds is 6. The molecule has 4 aliphatic rings. The number of methoxy groups -OCH3 is 1. The van der Waals surface area contributed by atoms with Crippen molar-refractivity contribution in [2.45, 2.75) is 51.6 Å². The van der Waals surface area contributed by atoms with E-state index in [-0.39, 0.29) is 17.3 Å². The van der Waals surface area contributed by atoms with Gasteiger partial charge in [-0.3, -0.25) is 19.7 Å². The number of esters is 1. The zero-order chi connectivity index (χ0) is 20.8. The molecule has 1 aromatic carbocycles. The molecule has 1 unspecified atom stereocenters. The number of hydrogen-bond donors (Lipinski definition) is 1. The normalized spacial score (nSPS) is 30.5. The molecule has 1 N–H and O–H groups in total. The number of nitrogens with one attached hydrogen (secondary N) is 1. The van der Waals surface area contributed by atoms with Crippen molar-refractivity contribution in [2.24, 2.45) is 23.2 Å². The van der Waals surface area contributed by atoms with Crippen LogP contribution in [0.3, 0.4) is 0 Å². The number of nitrogens with zero attached hydrogens (tertiary/aromatic N) is 1. The highest BCUT2D eigenvalue weighted by atomic mass is 16.6. The second kappa shape index (κ2) is 7.31. The Morgan fingerprint density at radius 1 is 1.17 bits per heavy atom. The summed E-state index contributed by atoms with van der Waals surface area (Å²) >= 11 is 0. The third-order valence-electron chi connectivity index (χ3n) is 6.78. The molecule has 1 atom stereocenters. The summed E-state index contributed by atoms with van der Waals surface area (Å²) in [6.45, 7) is 1.53. The molecule has 0 heterocycles. The Balaban J connectivity index is 1.43. The molecule has 0 aromatic heterocycles. The first-order chi connectivity index (χ1) is 13.8. The van der Waals surface area contributed by atoms with E-state index in [1.807, 2.05) is 0 Å². The van der Waals surface area contributed by atoms with Crippen molar-refractivity contribution in [1.29, 1.82) is 0 Å². The van der Waals surface area contributed by atoms with Crippen LogP contribution in [0.5, 0.6) is 5.75 Å². The Bertz CT molecular complexity index is 816. The predicted octanol–water partition coefficient (Wildman–Crippen LogP) is 3.69. The average molecular weight is 402 g/mol. The minimum absolute atomic E-state index is 0.167. The molecule has 1 amide bonds. The van der Waals surface area contributed by atoms with Crippen molar-refractivity contribution in [2.75, 3.05) is 12.4 Å². The second-order valence-electron chi connectivity index (χ2n) is 8.88. The van der Waals surface area contributed by atoms with E-state index in [4.69, 9.17) is 9.47 Å². The molecule has 4 saturated carbocycles. The number of nitro groups is 1. The van der Waals surface area contributed by atoms with E-state index < -0.39 is 22.3 Å². The van der Waals surface area contributed by atoms with Crippen molar-refractivity contribution in [3.8, 4) is 5.75 Å². The molecule has 8 nitrogen and oxygen atoms in total. The van der Waals surface area contributed by atoms with E-state index in [9.17, 15) is 19.7 Å². The van der Waals surface area contributed by atoms with E-state index >= 15 is 0 Å². The lowest BCUT2D eigenvalue weighted by atomic mass is 9.49. The minimum Gasteiger partial charge on any atom is -0.495 e. The zero-order valence-electron chi connectivity index (χ0n) is 16.7. The number of hydrogen-bond acceptors (Lipinski definition) is 6. The highest BCUT2D eigenvalue weighted by Crippen LogP contribution is 2.60. The largest absolute Gasteiger partial charge is 0.495 e. The molecular weight excluding hydrogens is 376 g/mol. The van der Waals surface area contributed by atoms with E-state index in [0.717, 1.165) is 19.3 Å². The van der Waals surface area contributed by atoms with Crippen LogP contribution in [0.15, 0.2) is 18.2 Å². The Kier molecular flexibility index (Phi) is 4.96. The molecule has 0 saturated heterocycles. The number of nitro benzene ring substituents is 1. The highest BCUT2D eigenvalue weighted by molar-refractivity contribution is 5.97. The summed E-state index contributed by atoms with van der Waals surface area (Å²) in [5, 5.41) is 13.6. The van der Waals surface area contributed by atoms with Gasteiger partial charge >= 0.3 is 5.97 Å². The summed E-state index contributed by atoms with van der Waals surface area (Å²) in [5.74, 6) is 1.29. The van der Waals surface area contributed by atoms with Gasteiger partial charge < -0.3 is 14.8 Å². The van der Waals surface area contributed by atoms with Crippen molar-refractivity contribution in [3.05, 3.63) is 28.3 Å². The zero-order valence-corrected chi connectivity index (χ0v) is 16.7. The smallest absolute Gasteiger partial charge is 0.312 e. The van der Waals surface area contributed by atoms with Gasteiger partial charge in [0.2, 0.25) is 0 Å². The molecule has 0 spiro atoms. The van der Waals surface area contributed by atoms with Gasteiger partial charge in [-0.1, -0.05) is 0 Å². The van der Waals surface area contributed by atoms with Gasteiger partial charge in [-0.05, 0) is 69.3 Å². The van der Waals surface area contributed by atoms with Gasteiger partial charge in [0, 0.05) is 12.1 Å². The fraction of sp³-hybridized carbons (Fsp3) is 0.619. The van der Waals surface area contributed by atoms with Crippen LogP contribution >= 0.6 is 0 Å². The maximum Gasteiger partial charge on any atom is 0.312 e. The van der Waals surface area contributed by atoms with E-state index in [2.05, 4.69) is 5.32 Å². The van der Waals surface area contributed by atoms with Gasteiger partial charge in [-0.15, -0.1) is 0 Å². The molecule has 4 fully saturated rings. The Labute approximate surface area is 169 Å². The molecule has 8 heteroatoms. The van der Waals surface area contributed by atoms with E-state index in [1.165, 1.54) is 51.5 Å². The lowest BCUT2D eigenvalue weighted by Crippen LogP contribution is -2.51. The van der Waals surface area contributed by atoms with Gasteiger partial charge in [0.15, 0.2) is 6.10 Å². The molecule has 4 aliphatic carbocycles. The molecule has 0 aliphatic heterocycles. The molecular formula is C21H26N2O6. The van der Waals surface area contributed by atoms with Crippen molar-refractivity contribution < 1.29 is 24.0 Å². The molecule has 29 heavy (non-hydrogen) atoms. The maximum absolute atomic E-state index is 13.0. The van der Waals surface area contributed by atoms with Gasteiger partial charge in [0.05, 0.1) is 23.1 Å². The third-order valence-corrected chi connectivity index (χ3v) is 6.78. The van der Waals surface area contributed by atoms with Crippen LogP contribution in [-0.4, -0.2) is 30.0 Å². The van der Waals surface area contributed by atoms with Crippen molar-refractivity contribution >= 4 is 23.3 Å². The molecule has 5 rings (SSSR count). The van der Waals surface area contributed by atoms with Gasteiger partial charge in [0.1, 0.15) is 5.75 Å². The lowest BCUT2D eigenvalue weighted by Gasteiger charge is -2.55. The number of carbonyl (C=O) groups excluding carboxylic acids is 2. The summed E-state index contributed by atoms with van der Waals surface area (Å²) in [6.07, 6.45) is 5.25. The number of benzene rings is 1. The topological polar surface area (TPSA) is 108 Å². The first kappa shape index (κ1) is 19.7. The van der Waals surface area contributed by atoms with Crippen LogP contribution < -0.4 is 10.1 Å². The fourth-order valence-corrected chi connectivity index (χ4v) is 5.84. The van der Waals surface area contributed by atoms with Crippen LogP contribution in [0.1, 0.15) is 45.4 Å². The molecule has 156 valence electrons. The molecule has 0 radical (unpaired) electrons. The van der Waals surface area contributed by atoms with Crippen molar-refractivity contribution in [1.82, 2.24) is 0 Å². The van der Waals surface area contributed by atoms with Crippen LogP contribution in [0.25, 0.3) is 0 Å². The average Bonchev–Trinajstić information content (AvgIpc) is 2.66. The van der Waals surface area contributed by atoms with Crippen LogP contribution in [0.4, 0.5) is 11.4 Å². The quantitative estimate of drug-likeness (QED) is 0.442. The summed E-state index contributed by atoms with van der Waals surface area (Å²) in [5.41, 5.74) is -0.435. The Morgan fingerprint density at radius 2 is 1.76 bits per heavy atom. The van der Waals surface area contributed by atoms with E-state index in [1.54, 1.807) is 0 Å². The summed E-state index contributed by atoms with van der Waals surface area (Å²) in [7, 11) is 1.41. The van der Waals surface area contributed by atoms with Crippen LogP contribution in [0, 0.1) is 33.3 Å². The monoisotopic (exact) mass is 402 g/mol. The fourth-order valence-electron chi connectivity index (χ4n) is 5.84. The second-order valence-corrected chi connectivity index (χ2v) is 8.88. The number of carbonyl (C=O) groups is 2. The highest BCUT2D eigenvalue weighted by Gasteiger charge is 2.55. The first-order valence-electron chi connectivity index (χ1n) is 10.1. The Morgan fingerprint density at radius 3 is 2.28 bits per heavy atom. The van der Waals surface area contributed by atoms with Crippen molar-refractivity contribution in [3.63, 3.8) is 0 Å². The third kappa shape index (κ3) is 3.68. The number of amides is 1. The van der Waals surface area contributed by atoms with Crippen LogP contribution in [-0.2, 0) is 14.3 Å². The standard InChI is InChI=1S/C21H26N2O6/c1-12(19(24)22-17-8-16(23(26)27)3-4-18(17)28-2)29-20(25)21-9-13-5-14(10-21)7-15(6-13)11-21/h3-4,8,12-15H,5-7,9-11H2,1-2H3,(H,22,24). The van der Waals surface area contributed by atoms with Gasteiger partial charge in [-0.25, -0.2) is 0 Å². The number of ether oxygens (including phenoxy) is 2. The van der Waals surface area contributed by atoms with Gasteiger partial charge in [-0.2, -0.15) is 0 Å². The summed E-state index contributed by atoms with van der Waals surface area (Å²) in [4.78, 5) is 36.1. The van der Waals surface area contributed by atoms with Gasteiger partial charge in [0.25, 0.3) is 11.6 Å². The summed E-state index contributed by atoms with van der Waals surface area (Å²) in [6, 6.07) is 3.94. The molecule has 4 bridgehead atoms. The number of anilines is 1. The first-order valence-corrected chi connectivity index (χ1v) is 10.1. The summed E-state index contributed by atoms with van der Waals surface area (Å²) < 4.78 is 10.8. The SMILES string of the molecule is COc1ccc([N+](=O)[O-])cc1NC(=O)C(C)OC(=O)C12CC3CC(CC(C3)C1)C2. The Hall–Kier alpha value is -2.64. The predicted molar refractivity (Wildman–Crippen MR) is 104 cm³/mol. The van der Waals surface area contributed by atoms with E-state index in [0.29, 0.717) is 23.5 Å². The minimum atomic E-state index is -1.00. The van der Waals surface area contributed by atoms with Crippen LogP contribution in [0.2, 0.25) is 0 Å².